The number of hydrogen-bond acceptors (Lipinski definition) is 2. The Bertz CT molecular complexity index is 313. The van der Waals surface area contributed by atoms with Gasteiger partial charge < -0.3 is 4.90 Å². The van der Waals surface area contributed by atoms with E-state index in [1.165, 1.54) is 6.42 Å². The Hall–Kier alpha value is -0.800. The molecular formula is C11H16Cl2N2O. The van der Waals surface area contributed by atoms with Crippen molar-refractivity contribution in [2.24, 2.45) is 0 Å². The third-order valence-corrected chi connectivity index (χ3v) is 2.55. The van der Waals surface area contributed by atoms with Crippen LogP contribution in [-0.2, 0) is 0 Å². The van der Waals surface area contributed by atoms with Gasteiger partial charge in [-0.1, -0.05) is 0 Å². The van der Waals surface area contributed by atoms with Gasteiger partial charge in [0.15, 0.2) is 0 Å². The summed E-state index contributed by atoms with van der Waals surface area (Å²) in [7, 11) is 0. The van der Waals surface area contributed by atoms with Gasteiger partial charge in [-0.05, 0) is 31.4 Å². The van der Waals surface area contributed by atoms with Gasteiger partial charge in [-0.3, -0.25) is 9.78 Å². The Morgan fingerprint density at radius 2 is 1.88 bits per heavy atom. The lowest BCUT2D eigenvalue weighted by molar-refractivity contribution is 0.0724. The zero-order chi connectivity index (χ0) is 9.80. The molecule has 2 heterocycles. The second-order valence-electron chi connectivity index (χ2n) is 3.59. The van der Waals surface area contributed by atoms with E-state index in [4.69, 9.17) is 0 Å². The molecule has 5 heteroatoms. The van der Waals surface area contributed by atoms with Crippen molar-refractivity contribution in [3.05, 3.63) is 30.1 Å². The highest BCUT2D eigenvalue weighted by atomic mass is 35.5. The van der Waals surface area contributed by atoms with Crippen LogP contribution in [0.1, 0.15) is 29.6 Å². The van der Waals surface area contributed by atoms with Crippen LogP contribution in [0.5, 0.6) is 0 Å². The quantitative estimate of drug-likeness (QED) is 0.780. The number of nitrogens with zero attached hydrogens (tertiary/aromatic N) is 2. The van der Waals surface area contributed by atoms with Crippen LogP contribution in [0.3, 0.4) is 0 Å². The number of halogens is 2. The molecule has 1 aromatic heterocycles. The lowest BCUT2D eigenvalue weighted by Crippen LogP contribution is -2.35. The molecule has 1 amide bonds. The Balaban J connectivity index is 0.00000112. The summed E-state index contributed by atoms with van der Waals surface area (Å²) >= 11 is 0. The lowest BCUT2D eigenvalue weighted by Gasteiger charge is -2.26. The fraction of sp³-hybridized carbons (Fsp3) is 0.455. The smallest absolute Gasteiger partial charge is 0.255 e. The van der Waals surface area contributed by atoms with Crippen LogP contribution in [0.4, 0.5) is 0 Å². The maximum atomic E-state index is 11.9. The molecule has 0 atom stereocenters. The molecule has 1 aliphatic rings. The van der Waals surface area contributed by atoms with Crippen LogP contribution in [0.15, 0.2) is 24.5 Å². The second-order valence-corrected chi connectivity index (χ2v) is 3.59. The van der Waals surface area contributed by atoms with Crippen LogP contribution in [0.25, 0.3) is 0 Å². The minimum atomic E-state index is 0. The van der Waals surface area contributed by atoms with E-state index < -0.39 is 0 Å². The van der Waals surface area contributed by atoms with Crippen molar-refractivity contribution >= 4 is 30.7 Å². The number of aromatic nitrogens is 1. The molecule has 0 bridgehead atoms. The van der Waals surface area contributed by atoms with Crippen LogP contribution in [0.2, 0.25) is 0 Å². The maximum absolute atomic E-state index is 11.9. The fourth-order valence-corrected chi connectivity index (χ4v) is 1.77. The number of carbonyl (C=O) groups is 1. The highest BCUT2D eigenvalue weighted by Gasteiger charge is 2.17. The summed E-state index contributed by atoms with van der Waals surface area (Å²) in [6.07, 6.45) is 6.83. The van der Waals surface area contributed by atoms with Crippen LogP contribution < -0.4 is 0 Å². The van der Waals surface area contributed by atoms with Gasteiger partial charge in [0.05, 0.1) is 5.56 Å². The average Bonchev–Trinajstić information content (AvgIpc) is 2.30. The molecule has 0 aliphatic carbocycles. The van der Waals surface area contributed by atoms with Gasteiger partial charge in [0, 0.05) is 25.5 Å². The van der Waals surface area contributed by atoms with Gasteiger partial charge in [0.1, 0.15) is 0 Å². The van der Waals surface area contributed by atoms with Gasteiger partial charge in [-0.15, -0.1) is 24.8 Å². The molecule has 0 radical (unpaired) electrons. The average molecular weight is 263 g/mol. The molecule has 2 rings (SSSR count). The Kier molecular flexibility index (Phi) is 7.10. The number of likely N-dealkylation sites (tertiary alicyclic amines) is 1. The van der Waals surface area contributed by atoms with E-state index in [1.807, 2.05) is 11.0 Å². The van der Waals surface area contributed by atoms with Crippen molar-refractivity contribution in [1.29, 1.82) is 0 Å². The van der Waals surface area contributed by atoms with Crippen molar-refractivity contribution in [3.8, 4) is 0 Å². The summed E-state index contributed by atoms with van der Waals surface area (Å²) in [5, 5.41) is 0. The highest BCUT2D eigenvalue weighted by Crippen LogP contribution is 2.12. The third-order valence-electron chi connectivity index (χ3n) is 2.55. The van der Waals surface area contributed by atoms with Crippen molar-refractivity contribution in [3.63, 3.8) is 0 Å². The van der Waals surface area contributed by atoms with Crippen LogP contribution >= 0.6 is 24.8 Å². The Morgan fingerprint density at radius 1 is 1.19 bits per heavy atom. The molecule has 1 saturated heterocycles. The van der Waals surface area contributed by atoms with Crippen molar-refractivity contribution in [2.45, 2.75) is 19.3 Å². The van der Waals surface area contributed by atoms with Gasteiger partial charge in [0.2, 0.25) is 0 Å². The van der Waals surface area contributed by atoms with Gasteiger partial charge >= 0.3 is 0 Å². The van der Waals surface area contributed by atoms with E-state index in [9.17, 15) is 4.79 Å². The molecule has 1 fully saturated rings. The SMILES string of the molecule is Cl.Cl.O=C(c1cccnc1)N1CCCCC1. The monoisotopic (exact) mass is 262 g/mol. The first kappa shape index (κ1) is 15.2. The molecule has 0 unspecified atom stereocenters. The molecule has 1 aromatic rings. The standard InChI is InChI=1S/C11H14N2O.2ClH/c14-11(10-5-4-6-12-9-10)13-7-2-1-3-8-13;;/h4-6,9H,1-3,7-8H2;2*1H. The molecule has 0 spiro atoms. The predicted molar refractivity (Wildman–Crippen MR) is 68.5 cm³/mol. The molecule has 3 nitrogen and oxygen atoms in total. The number of amides is 1. The predicted octanol–water partition coefficient (Wildman–Crippen LogP) is 2.55. The summed E-state index contributed by atoms with van der Waals surface area (Å²) in [5.74, 6) is 0.123. The number of piperidine rings is 1. The number of pyridine rings is 1. The first-order valence-electron chi connectivity index (χ1n) is 5.07. The second kappa shape index (κ2) is 7.47. The highest BCUT2D eigenvalue weighted by molar-refractivity contribution is 5.93. The molecule has 90 valence electrons. The lowest BCUT2D eigenvalue weighted by atomic mass is 10.1. The van der Waals surface area contributed by atoms with E-state index in [0.717, 1.165) is 25.9 Å². The van der Waals surface area contributed by atoms with Crippen LogP contribution in [-0.4, -0.2) is 28.9 Å². The Morgan fingerprint density at radius 3 is 2.44 bits per heavy atom. The molecular weight excluding hydrogens is 247 g/mol. The fourth-order valence-electron chi connectivity index (χ4n) is 1.77. The first-order valence-corrected chi connectivity index (χ1v) is 5.07. The number of hydrogen-bond donors (Lipinski definition) is 0. The van der Waals surface area contributed by atoms with E-state index in [0.29, 0.717) is 5.56 Å². The van der Waals surface area contributed by atoms with Crippen molar-refractivity contribution in [2.75, 3.05) is 13.1 Å². The van der Waals surface area contributed by atoms with Gasteiger partial charge in [0.25, 0.3) is 5.91 Å². The van der Waals surface area contributed by atoms with E-state index in [-0.39, 0.29) is 30.7 Å². The number of rotatable bonds is 1. The largest absolute Gasteiger partial charge is 0.339 e. The number of carbonyl (C=O) groups excluding carboxylic acids is 1. The minimum absolute atomic E-state index is 0. The zero-order valence-electron chi connectivity index (χ0n) is 8.96. The summed E-state index contributed by atoms with van der Waals surface area (Å²) in [6, 6.07) is 3.63. The Labute approximate surface area is 108 Å². The molecule has 16 heavy (non-hydrogen) atoms. The zero-order valence-corrected chi connectivity index (χ0v) is 10.6. The van der Waals surface area contributed by atoms with E-state index in [1.54, 1.807) is 18.5 Å². The topological polar surface area (TPSA) is 33.2 Å². The molecule has 0 saturated carbocycles. The van der Waals surface area contributed by atoms with Gasteiger partial charge in [-0.2, -0.15) is 0 Å². The molecule has 1 aliphatic heterocycles. The van der Waals surface area contributed by atoms with Crippen molar-refractivity contribution in [1.82, 2.24) is 9.88 Å². The molecule has 0 N–H and O–H groups in total. The summed E-state index contributed by atoms with van der Waals surface area (Å²) in [6.45, 7) is 1.79. The summed E-state index contributed by atoms with van der Waals surface area (Å²) < 4.78 is 0. The molecule has 0 aromatic carbocycles. The van der Waals surface area contributed by atoms with Gasteiger partial charge in [-0.25, -0.2) is 0 Å². The summed E-state index contributed by atoms with van der Waals surface area (Å²) in [4.78, 5) is 17.8. The van der Waals surface area contributed by atoms with Crippen LogP contribution in [0, 0.1) is 0 Å². The minimum Gasteiger partial charge on any atom is -0.339 e. The summed E-state index contributed by atoms with van der Waals surface area (Å²) in [5.41, 5.74) is 0.703. The first-order chi connectivity index (χ1) is 6.88. The normalized spacial score (nSPS) is 14.6. The maximum Gasteiger partial charge on any atom is 0.255 e. The van der Waals surface area contributed by atoms with Crippen molar-refractivity contribution < 1.29 is 4.79 Å². The van der Waals surface area contributed by atoms with E-state index >= 15 is 0 Å². The third kappa shape index (κ3) is 3.65. The van der Waals surface area contributed by atoms with E-state index in [2.05, 4.69) is 4.98 Å².